The van der Waals surface area contributed by atoms with Gasteiger partial charge in [-0.2, -0.15) is 0 Å². The van der Waals surface area contributed by atoms with Crippen LogP contribution < -0.4 is 15.0 Å². The second kappa shape index (κ2) is 10.1. The number of amides is 1. The number of anilines is 2. The van der Waals surface area contributed by atoms with Crippen LogP contribution in [0.1, 0.15) is 24.2 Å². The van der Waals surface area contributed by atoms with E-state index >= 15 is 0 Å². The standard InChI is InChI=1S/C23H29N3O4/c1-17(2)30-23(28)18-8-10-19(11-9-18)24-22(27)16-25-12-14-26(15-13-25)20-6-4-5-7-21(20)29-3/h4-11,17H,12-16H2,1-3H3,(H,24,27). The number of rotatable bonds is 7. The molecule has 0 atom stereocenters. The summed E-state index contributed by atoms with van der Waals surface area (Å²) < 4.78 is 10.6. The number of methoxy groups -OCH3 is 1. The molecule has 0 aliphatic carbocycles. The van der Waals surface area contributed by atoms with E-state index in [4.69, 9.17) is 9.47 Å². The minimum absolute atomic E-state index is 0.0711. The van der Waals surface area contributed by atoms with E-state index in [0.717, 1.165) is 37.6 Å². The third kappa shape index (κ3) is 5.73. The third-order valence-corrected chi connectivity index (χ3v) is 4.91. The van der Waals surface area contributed by atoms with Gasteiger partial charge in [-0.15, -0.1) is 0 Å². The average molecular weight is 412 g/mol. The van der Waals surface area contributed by atoms with Crippen LogP contribution in [0.4, 0.5) is 11.4 Å². The maximum atomic E-state index is 12.4. The van der Waals surface area contributed by atoms with Crippen LogP contribution in [0.25, 0.3) is 0 Å². The Morgan fingerprint density at radius 1 is 1.00 bits per heavy atom. The molecule has 1 aliphatic heterocycles. The summed E-state index contributed by atoms with van der Waals surface area (Å²) in [5.74, 6) is 0.429. The normalized spacial score (nSPS) is 14.5. The first kappa shape index (κ1) is 21.6. The van der Waals surface area contributed by atoms with Gasteiger partial charge in [-0.25, -0.2) is 4.79 Å². The Balaban J connectivity index is 1.47. The van der Waals surface area contributed by atoms with Crippen molar-refractivity contribution in [2.24, 2.45) is 0 Å². The number of hydrogen-bond acceptors (Lipinski definition) is 6. The monoisotopic (exact) mass is 411 g/mol. The molecule has 7 heteroatoms. The number of nitrogens with one attached hydrogen (secondary N) is 1. The molecule has 30 heavy (non-hydrogen) atoms. The largest absolute Gasteiger partial charge is 0.495 e. The van der Waals surface area contributed by atoms with Gasteiger partial charge in [0.2, 0.25) is 5.91 Å². The van der Waals surface area contributed by atoms with Gasteiger partial charge in [0, 0.05) is 31.9 Å². The smallest absolute Gasteiger partial charge is 0.338 e. The van der Waals surface area contributed by atoms with Crippen LogP contribution in [-0.2, 0) is 9.53 Å². The first-order valence-corrected chi connectivity index (χ1v) is 10.2. The lowest BCUT2D eigenvalue weighted by Crippen LogP contribution is -2.48. The zero-order valence-corrected chi connectivity index (χ0v) is 17.8. The lowest BCUT2D eigenvalue weighted by molar-refractivity contribution is -0.117. The molecule has 2 aromatic rings. The van der Waals surface area contributed by atoms with Crippen LogP contribution in [0.5, 0.6) is 5.75 Å². The van der Waals surface area contributed by atoms with E-state index in [2.05, 4.69) is 21.2 Å². The number of esters is 1. The molecule has 1 aliphatic rings. The van der Waals surface area contributed by atoms with E-state index in [1.807, 2.05) is 32.0 Å². The van der Waals surface area contributed by atoms with Crippen LogP contribution in [0, 0.1) is 0 Å². The van der Waals surface area contributed by atoms with Crippen LogP contribution >= 0.6 is 0 Å². The van der Waals surface area contributed by atoms with E-state index in [1.165, 1.54) is 0 Å². The first-order chi connectivity index (χ1) is 14.5. The Kier molecular flexibility index (Phi) is 7.30. The fourth-order valence-corrected chi connectivity index (χ4v) is 3.41. The molecule has 1 saturated heterocycles. The maximum Gasteiger partial charge on any atom is 0.338 e. The highest BCUT2D eigenvalue weighted by atomic mass is 16.5. The summed E-state index contributed by atoms with van der Waals surface area (Å²) >= 11 is 0. The fourth-order valence-electron chi connectivity index (χ4n) is 3.41. The van der Waals surface area contributed by atoms with E-state index < -0.39 is 0 Å². The second-order valence-electron chi connectivity index (χ2n) is 7.51. The lowest BCUT2D eigenvalue weighted by atomic mass is 10.2. The van der Waals surface area contributed by atoms with E-state index in [0.29, 0.717) is 17.8 Å². The Morgan fingerprint density at radius 2 is 1.67 bits per heavy atom. The number of ether oxygens (including phenoxy) is 2. The summed E-state index contributed by atoms with van der Waals surface area (Å²) in [7, 11) is 1.68. The van der Waals surface area contributed by atoms with Crippen LogP contribution in [-0.4, -0.2) is 62.7 Å². The molecule has 0 radical (unpaired) electrons. The molecule has 3 rings (SSSR count). The van der Waals surface area contributed by atoms with Gasteiger partial charge in [-0.1, -0.05) is 12.1 Å². The van der Waals surface area contributed by atoms with E-state index in [1.54, 1.807) is 31.4 Å². The number of hydrogen-bond donors (Lipinski definition) is 1. The highest BCUT2D eigenvalue weighted by molar-refractivity contribution is 5.94. The van der Waals surface area contributed by atoms with Gasteiger partial charge in [0.05, 0.1) is 31.0 Å². The highest BCUT2D eigenvalue weighted by Crippen LogP contribution is 2.28. The Labute approximate surface area is 177 Å². The lowest BCUT2D eigenvalue weighted by Gasteiger charge is -2.36. The molecule has 0 spiro atoms. The zero-order valence-electron chi connectivity index (χ0n) is 17.8. The summed E-state index contributed by atoms with van der Waals surface area (Å²) in [5.41, 5.74) is 2.21. The molecule has 7 nitrogen and oxygen atoms in total. The van der Waals surface area contributed by atoms with Crippen LogP contribution in [0.3, 0.4) is 0 Å². The minimum atomic E-state index is -0.365. The number of piperazine rings is 1. The van der Waals surface area contributed by atoms with Gasteiger partial charge in [-0.05, 0) is 50.2 Å². The summed E-state index contributed by atoms with van der Waals surface area (Å²) in [6.07, 6.45) is -0.166. The van der Waals surface area contributed by atoms with E-state index in [9.17, 15) is 9.59 Å². The van der Waals surface area contributed by atoms with Crippen molar-refractivity contribution in [3.8, 4) is 5.75 Å². The van der Waals surface area contributed by atoms with Crippen molar-refractivity contribution >= 4 is 23.3 Å². The molecule has 0 unspecified atom stereocenters. The first-order valence-electron chi connectivity index (χ1n) is 10.2. The predicted octanol–water partition coefficient (Wildman–Crippen LogP) is 3.02. The Hall–Kier alpha value is -3.06. The van der Waals surface area contributed by atoms with Gasteiger partial charge in [0.1, 0.15) is 5.75 Å². The van der Waals surface area contributed by atoms with Gasteiger partial charge in [-0.3, -0.25) is 9.69 Å². The van der Waals surface area contributed by atoms with Crippen LogP contribution in [0.15, 0.2) is 48.5 Å². The molecule has 0 aromatic heterocycles. The highest BCUT2D eigenvalue weighted by Gasteiger charge is 2.21. The minimum Gasteiger partial charge on any atom is -0.495 e. The Bertz CT molecular complexity index is 859. The Morgan fingerprint density at radius 3 is 2.30 bits per heavy atom. The number of benzene rings is 2. The quantitative estimate of drug-likeness (QED) is 0.707. The van der Waals surface area contributed by atoms with Crippen molar-refractivity contribution in [1.82, 2.24) is 4.90 Å². The van der Waals surface area contributed by atoms with E-state index in [-0.39, 0.29) is 18.0 Å². The van der Waals surface area contributed by atoms with Crippen molar-refractivity contribution in [1.29, 1.82) is 0 Å². The molecular weight excluding hydrogens is 382 g/mol. The van der Waals surface area contributed by atoms with Crippen molar-refractivity contribution in [2.45, 2.75) is 20.0 Å². The number of para-hydroxylation sites is 2. The predicted molar refractivity (Wildman–Crippen MR) is 117 cm³/mol. The SMILES string of the molecule is COc1ccccc1N1CCN(CC(=O)Nc2ccc(C(=O)OC(C)C)cc2)CC1. The zero-order chi connectivity index (χ0) is 21.5. The molecule has 0 saturated carbocycles. The molecule has 0 bridgehead atoms. The average Bonchev–Trinajstić information content (AvgIpc) is 2.74. The van der Waals surface area contributed by atoms with Crippen molar-refractivity contribution < 1.29 is 19.1 Å². The van der Waals surface area contributed by atoms with Gasteiger partial charge in [0.15, 0.2) is 0 Å². The molecule has 1 amide bonds. The summed E-state index contributed by atoms with van der Waals surface area (Å²) in [4.78, 5) is 28.7. The van der Waals surface area contributed by atoms with Crippen LogP contribution in [0.2, 0.25) is 0 Å². The number of nitrogens with zero attached hydrogens (tertiary/aromatic N) is 2. The van der Waals surface area contributed by atoms with Gasteiger partial charge >= 0.3 is 5.97 Å². The summed E-state index contributed by atoms with van der Waals surface area (Å²) in [6, 6.07) is 14.7. The third-order valence-electron chi connectivity index (χ3n) is 4.91. The summed E-state index contributed by atoms with van der Waals surface area (Å²) in [6.45, 7) is 7.21. The summed E-state index contributed by atoms with van der Waals surface area (Å²) in [5, 5.41) is 2.89. The molecule has 160 valence electrons. The topological polar surface area (TPSA) is 71.1 Å². The maximum absolute atomic E-state index is 12.4. The molecule has 2 aromatic carbocycles. The molecule has 1 fully saturated rings. The fraction of sp³-hybridized carbons (Fsp3) is 0.391. The number of carbonyl (C=O) groups is 2. The van der Waals surface area contributed by atoms with Crippen molar-refractivity contribution in [3.05, 3.63) is 54.1 Å². The van der Waals surface area contributed by atoms with Gasteiger partial charge < -0.3 is 19.7 Å². The number of carbonyl (C=O) groups excluding carboxylic acids is 2. The van der Waals surface area contributed by atoms with Gasteiger partial charge in [0.25, 0.3) is 0 Å². The molecular formula is C23H29N3O4. The second-order valence-corrected chi connectivity index (χ2v) is 7.51. The molecule has 1 heterocycles. The molecule has 1 N–H and O–H groups in total. The van der Waals surface area contributed by atoms with Crippen molar-refractivity contribution in [3.63, 3.8) is 0 Å². The van der Waals surface area contributed by atoms with Crippen molar-refractivity contribution in [2.75, 3.05) is 50.1 Å².